The zero-order chi connectivity index (χ0) is 18.5. The summed E-state index contributed by atoms with van der Waals surface area (Å²) in [6.45, 7) is 11.0. The van der Waals surface area contributed by atoms with Crippen LogP contribution in [0.3, 0.4) is 0 Å². The van der Waals surface area contributed by atoms with Crippen LogP contribution < -0.4 is 0 Å². The fourth-order valence-electron chi connectivity index (χ4n) is 3.63. The van der Waals surface area contributed by atoms with E-state index >= 15 is 0 Å². The molecule has 0 aliphatic carbocycles. The van der Waals surface area contributed by atoms with Gasteiger partial charge in [-0.25, -0.2) is 0 Å². The van der Waals surface area contributed by atoms with Crippen molar-refractivity contribution in [1.29, 1.82) is 0 Å². The zero-order valence-corrected chi connectivity index (χ0v) is 20.2. The summed E-state index contributed by atoms with van der Waals surface area (Å²) in [5, 5.41) is 0.819. The van der Waals surface area contributed by atoms with Crippen molar-refractivity contribution in [3.8, 4) is 0 Å². The van der Waals surface area contributed by atoms with E-state index in [0.29, 0.717) is 0 Å². The molecule has 2 heteroatoms. The molecule has 0 aliphatic heterocycles. The van der Waals surface area contributed by atoms with E-state index in [4.69, 9.17) is 11.6 Å². The Morgan fingerprint density at radius 2 is 1.40 bits per heavy atom. The second-order valence-electron chi connectivity index (χ2n) is 7.34. The summed E-state index contributed by atoms with van der Waals surface area (Å²) >= 11 is 3.82. The van der Waals surface area contributed by atoms with Gasteiger partial charge in [-0.05, 0) is 0 Å². The van der Waals surface area contributed by atoms with E-state index in [2.05, 4.69) is 49.7 Å². The molecule has 0 fully saturated rings. The van der Waals surface area contributed by atoms with E-state index in [1.807, 2.05) is 12.1 Å². The monoisotopic (exact) mass is 468 g/mol. The number of benzene rings is 1. The number of unbranched alkanes of at least 4 members (excludes halogenated alkanes) is 3. The average molecular weight is 468 g/mol. The van der Waals surface area contributed by atoms with E-state index < -0.39 is 18.4 Å². The van der Waals surface area contributed by atoms with Crippen LogP contribution >= 0.6 is 11.6 Å². The Morgan fingerprint density at radius 1 is 0.920 bits per heavy atom. The van der Waals surface area contributed by atoms with Gasteiger partial charge in [0, 0.05) is 0 Å². The third kappa shape index (κ3) is 8.34. The number of hydrogen-bond acceptors (Lipinski definition) is 0. The minimum atomic E-state index is -2.28. The molecule has 0 heterocycles. The van der Waals surface area contributed by atoms with Crippen molar-refractivity contribution in [2.45, 2.75) is 79.0 Å². The van der Waals surface area contributed by atoms with E-state index in [9.17, 15) is 0 Å². The molecule has 25 heavy (non-hydrogen) atoms. The van der Waals surface area contributed by atoms with Crippen LogP contribution in [0.4, 0.5) is 0 Å². The quantitative estimate of drug-likeness (QED) is 0.201. The molecule has 0 N–H and O–H groups in total. The first-order valence-electron chi connectivity index (χ1n) is 10.2. The van der Waals surface area contributed by atoms with Crippen molar-refractivity contribution in [2.24, 2.45) is 0 Å². The molecule has 0 saturated heterocycles. The van der Waals surface area contributed by atoms with Crippen molar-refractivity contribution in [3.05, 3.63) is 51.6 Å². The topological polar surface area (TPSA) is 0 Å². The molecule has 0 saturated carbocycles. The van der Waals surface area contributed by atoms with Crippen LogP contribution in [0.5, 0.6) is 0 Å². The third-order valence-electron chi connectivity index (χ3n) is 5.14. The van der Waals surface area contributed by atoms with E-state index in [-0.39, 0.29) is 0 Å². The maximum atomic E-state index is 6.11. The fraction of sp³-hybridized carbons (Fsp3) is 0.565. The average Bonchev–Trinajstić information content (AvgIpc) is 2.63. The standard InChI is InChI=1S/C11H10Cl.3C4H9.Sn/c1-3-4-9(2)10-5-7-11(12)8-6-10;3*1-3-4-2;/h2-3,5-8H,1,4H2;3*1,3-4H2,2H3;. The minimum absolute atomic E-state index is 0.819. The third-order valence-corrected chi connectivity index (χ3v) is 19.7. The van der Waals surface area contributed by atoms with E-state index in [1.54, 1.807) is 0 Å². The van der Waals surface area contributed by atoms with Crippen LogP contribution in [0, 0.1) is 0 Å². The van der Waals surface area contributed by atoms with Gasteiger partial charge in [0.05, 0.1) is 0 Å². The normalized spacial score (nSPS) is 12.4. The van der Waals surface area contributed by atoms with Crippen LogP contribution in [-0.2, 0) is 0 Å². The molecule has 0 aliphatic rings. The Kier molecular flexibility index (Phi) is 11.9. The van der Waals surface area contributed by atoms with Crippen LogP contribution in [0.15, 0.2) is 41.0 Å². The van der Waals surface area contributed by atoms with Gasteiger partial charge in [-0.3, -0.25) is 0 Å². The predicted molar refractivity (Wildman–Crippen MR) is 119 cm³/mol. The number of allylic oxidation sites excluding steroid dienone is 2. The molecular weight excluding hydrogens is 430 g/mol. The fourth-order valence-corrected chi connectivity index (χ4v) is 19.1. The first-order chi connectivity index (χ1) is 12.1. The molecule has 0 bridgehead atoms. The van der Waals surface area contributed by atoms with Crippen molar-refractivity contribution in [2.75, 3.05) is 0 Å². The van der Waals surface area contributed by atoms with Gasteiger partial charge >= 0.3 is 166 Å². The Labute approximate surface area is 165 Å². The molecule has 140 valence electrons. The Hall–Kier alpha value is -0.211. The molecule has 1 aromatic carbocycles. The molecule has 0 aromatic heterocycles. The molecule has 1 aromatic rings. The summed E-state index contributed by atoms with van der Waals surface area (Å²) in [5.74, 6) is 0. The van der Waals surface area contributed by atoms with Gasteiger partial charge in [-0.1, -0.05) is 0 Å². The Morgan fingerprint density at radius 3 is 1.80 bits per heavy atom. The zero-order valence-electron chi connectivity index (χ0n) is 16.6. The number of halogens is 1. The van der Waals surface area contributed by atoms with Gasteiger partial charge in [0.1, 0.15) is 0 Å². The molecule has 0 radical (unpaired) electrons. The first kappa shape index (κ1) is 22.8. The summed E-state index contributed by atoms with van der Waals surface area (Å²) < 4.78 is 7.36. The van der Waals surface area contributed by atoms with Crippen LogP contribution in [0.25, 0.3) is 5.57 Å². The summed E-state index contributed by atoms with van der Waals surface area (Å²) in [6.07, 6.45) is 11.2. The summed E-state index contributed by atoms with van der Waals surface area (Å²) in [4.78, 5) is 0. The van der Waals surface area contributed by atoms with Crippen LogP contribution in [0.1, 0.15) is 71.3 Å². The number of rotatable bonds is 13. The van der Waals surface area contributed by atoms with Crippen LogP contribution in [-0.4, -0.2) is 18.4 Å². The van der Waals surface area contributed by atoms with Crippen molar-refractivity contribution >= 4 is 35.6 Å². The molecule has 0 atom stereocenters. The van der Waals surface area contributed by atoms with E-state index in [0.717, 1.165) is 11.4 Å². The predicted octanol–water partition coefficient (Wildman–Crippen LogP) is 8.69. The van der Waals surface area contributed by atoms with E-state index in [1.165, 1.54) is 63.0 Å². The summed E-state index contributed by atoms with van der Waals surface area (Å²) in [5.41, 5.74) is 2.85. The molecule has 1 rings (SSSR count). The van der Waals surface area contributed by atoms with Crippen molar-refractivity contribution in [1.82, 2.24) is 0 Å². The first-order valence-corrected chi connectivity index (χ1v) is 18.3. The second-order valence-corrected chi connectivity index (χ2v) is 20.7. The molecule has 0 spiro atoms. The molecule has 0 unspecified atom stereocenters. The molecule has 0 amide bonds. The van der Waals surface area contributed by atoms with Gasteiger partial charge in [0.15, 0.2) is 0 Å². The Balaban J connectivity index is 3.25. The van der Waals surface area contributed by atoms with Crippen molar-refractivity contribution in [3.63, 3.8) is 0 Å². The van der Waals surface area contributed by atoms with Gasteiger partial charge in [-0.2, -0.15) is 0 Å². The van der Waals surface area contributed by atoms with Gasteiger partial charge in [-0.15, -0.1) is 0 Å². The second kappa shape index (κ2) is 13.0. The van der Waals surface area contributed by atoms with Gasteiger partial charge in [0.2, 0.25) is 0 Å². The summed E-state index contributed by atoms with van der Waals surface area (Å²) in [7, 11) is 0. The Bertz CT molecular complexity index is 494. The molecule has 0 nitrogen and oxygen atoms in total. The number of hydrogen-bond donors (Lipinski definition) is 0. The SMILES string of the molecule is C=CC/C(=[CH]/[Sn]([CH2]CCC)([CH2]CCC)[CH2]CCC)c1ccc(Cl)cc1. The van der Waals surface area contributed by atoms with Gasteiger partial charge in [0.25, 0.3) is 0 Å². The van der Waals surface area contributed by atoms with Gasteiger partial charge < -0.3 is 0 Å². The maximum absolute atomic E-state index is 6.11. The van der Waals surface area contributed by atoms with Crippen molar-refractivity contribution < 1.29 is 0 Å². The molecular formula is C23H37ClSn. The summed E-state index contributed by atoms with van der Waals surface area (Å²) in [6, 6.07) is 8.42. The van der Waals surface area contributed by atoms with Crippen LogP contribution in [0.2, 0.25) is 18.3 Å².